The number of carbonyl (C=O) groups is 1. The van der Waals surface area contributed by atoms with Crippen LogP contribution in [-0.4, -0.2) is 25.5 Å². The predicted molar refractivity (Wildman–Crippen MR) is 83.1 cm³/mol. The van der Waals surface area contributed by atoms with Crippen LogP contribution in [0.15, 0.2) is 24.3 Å². The first-order valence-corrected chi connectivity index (χ1v) is 7.90. The Morgan fingerprint density at radius 2 is 1.85 bits per heavy atom. The summed E-state index contributed by atoms with van der Waals surface area (Å²) < 4.78 is 0. The average Bonchev–Trinajstić information content (AvgIpc) is 2.49. The van der Waals surface area contributed by atoms with Gasteiger partial charge in [-0.1, -0.05) is 25.5 Å². The van der Waals surface area contributed by atoms with Crippen LogP contribution in [0, 0.1) is 0 Å². The SMILES string of the molecule is CCc1ccc(NC(=O)C[NH+](C)C2CCCCC2)cc1. The zero-order chi connectivity index (χ0) is 14.4. The van der Waals surface area contributed by atoms with Crippen LogP contribution in [0.4, 0.5) is 5.69 Å². The lowest BCUT2D eigenvalue weighted by Crippen LogP contribution is -3.14. The minimum atomic E-state index is 0.123. The van der Waals surface area contributed by atoms with Crippen LogP contribution in [0.5, 0.6) is 0 Å². The number of likely N-dealkylation sites (N-methyl/N-ethyl adjacent to an activating group) is 1. The van der Waals surface area contributed by atoms with Crippen molar-refractivity contribution < 1.29 is 9.69 Å². The lowest BCUT2D eigenvalue weighted by Gasteiger charge is -2.27. The van der Waals surface area contributed by atoms with E-state index in [1.54, 1.807) is 0 Å². The normalized spacial score (nSPS) is 17.7. The number of amides is 1. The van der Waals surface area contributed by atoms with Crippen molar-refractivity contribution in [3.63, 3.8) is 0 Å². The van der Waals surface area contributed by atoms with Gasteiger partial charge in [0.15, 0.2) is 6.54 Å². The average molecular weight is 275 g/mol. The Balaban J connectivity index is 1.81. The molecule has 0 saturated heterocycles. The molecule has 1 amide bonds. The Hall–Kier alpha value is -1.35. The van der Waals surface area contributed by atoms with E-state index >= 15 is 0 Å². The van der Waals surface area contributed by atoms with Crippen LogP contribution < -0.4 is 10.2 Å². The Morgan fingerprint density at radius 3 is 2.45 bits per heavy atom. The zero-order valence-corrected chi connectivity index (χ0v) is 12.7. The number of quaternary nitrogens is 1. The molecule has 2 rings (SSSR count). The molecule has 0 aromatic heterocycles. The van der Waals surface area contributed by atoms with E-state index in [0.29, 0.717) is 12.6 Å². The number of rotatable bonds is 5. The second-order valence-electron chi connectivity index (χ2n) is 5.96. The molecule has 0 bridgehead atoms. The van der Waals surface area contributed by atoms with E-state index in [1.807, 2.05) is 12.1 Å². The quantitative estimate of drug-likeness (QED) is 0.847. The van der Waals surface area contributed by atoms with Gasteiger partial charge in [-0.3, -0.25) is 4.79 Å². The maximum atomic E-state index is 12.1. The molecule has 3 nitrogen and oxygen atoms in total. The van der Waals surface area contributed by atoms with Crippen LogP contribution in [-0.2, 0) is 11.2 Å². The van der Waals surface area contributed by atoms with Crippen LogP contribution in [0.2, 0.25) is 0 Å². The van der Waals surface area contributed by atoms with Crippen molar-refractivity contribution in [3.8, 4) is 0 Å². The van der Waals surface area contributed by atoms with Gasteiger partial charge in [-0.05, 0) is 49.8 Å². The summed E-state index contributed by atoms with van der Waals surface area (Å²) >= 11 is 0. The van der Waals surface area contributed by atoms with Gasteiger partial charge in [0.2, 0.25) is 0 Å². The highest BCUT2D eigenvalue weighted by molar-refractivity contribution is 5.91. The predicted octanol–water partition coefficient (Wildman–Crippen LogP) is 2.03. The van der Waals surface area contributed by atoms with E-state index < -0.39 is 0 Å². The number of nitrogens with one attached hydrogen (secondary N) is 2. The summed E-state index contributed by atoms with van der Waals surface area (Å²) in [6.45, 7) is 2.70. The number of aryl methyl sites for hydroxylation is 1. The lowest BCUT2D eigenvalue weighted by atomic mass is 9.94. The number of carbonyl (C=O) groups excluding carboxylic acids is 1. The van der Waals surface area contributed by atoms with Gasteiger partial charge in [0.1, 0.15) is 0 Å². The van der Waals surface area contributed by atoms with Crippen molar-refractivity contribution in [1.29, 1.82) is 0 Å². The van der Waals surface area contributed by atoms with Crippen LogP contribution >= 0.6 is 0 Å². The summed E-state index contributed by atoms with van der Waals surface area (Å²) in [5.74, 6) is 0.123. The number of hydrogen-bond donors (Lipinski definition) is 2. The lowest BCUT2D eigenvalue weighted by molar-refractivity contribution is -0.899. The summed E-state index contributed by atoms with van der Waals surface area (Å²) in [6, 6.07) is 8.80. The van der Waals surface area contributed by atoms with Crippen molar-refractivity contribution in [2.45, 2.75) is 51.5 Å². The van der Waals surface area contributed by atoms with E-state index in [1.165, 1.54) is 42.6 Å². The van der Waals surface area contributed by atoms with Gasteiger partial charge in [0, 0.05) is 5.69 Å². The van der Waals surface area contributed by atoms with Gasteiger partial charge < -0.3 is 10.2 Å². The first kappa shape index (κ1) is 15.0. The summed E-state index contributed by atoms with van der Waals surface area (Å²) in [5, 5.41) is 3.00. The molecule has 0 radical (unpaired) electrons. The molecule has 1 fully saturated rings. The van der Waals surface area contributed by atoms with Gasteiger partial charge >= 0.3 is 0 Å². The largest absolute Gasteiger partial charge is 0.327 e. The molecule has 0 spiro atoms. The van der Waals surface area contributed by atoms with Crippen LogP contribution in [0.3, 0.4) is 0 Å². The Morgan fingerprint density at radius 1 is 1.20 bits per heavy atom. The fraction of sp³-hybridized carbons (Fsp3) is 0.588. The number of anilines is 1. The number of benzene rings is 1. The third kappa shape index (κ3) is 4.34. The molecule has 110 valence electrons. The molecule has 1 aromatic rings. The van der Waals surface area contributed by atoms with Crippen molar-refractivity contribution in [3.05, 3.63) is 29.8 Å². The summed E-state index contributed by atoms with van der Waals surface area (Å²) in [4.78, 5) is 13.4. The maximum absolute atomic E-state index is 12.1. The maximum Gasteiger partial charge on any atom is 0.279 e. The van der Waals surface area contributed by atoms with Crippen molar-refractivity contribution in [2.24, 2.45) is 0 Å². The van der Waals surface area contributed by atoms with E-state index in [-0.39, 0.29) is 5.91 Å². The molecule has 1 saturated carbocycles. The molecule has 20 heavy (non-hydrogen) atoms. The van der Waals surface area contributed by atoms with Gasteiger partial charge in [-0.25, -0.2) is 0 Å². The van der Waals surface area contributed by atoms with Crippen molar-refractivity contribution >= 4 is 11.6 Å². The first-order valence-electron chi connectivity index (χ1n) is 7.90. The topological polar surface area (TPSA) is 33.5 Å². The summed E-state index contributed by atoms with van der Waals surface area (Å²) in [7, 11) is 2.15. The second kappa shape index (κ2) is 7.44. The Kier molecular flexibility index (Phi) is 5.60. The molecule has 1 aliphatic carbocycles. The molecule has 0 aliphatic heterocycles. The first-order chi connectivity index (χ1) is 9.69. The summed E-state index contributed by atoms with van der Waals surface area (Å²) in [6.07, 6.45) is 7.57. The van der Waals surface area contributed by atoms with Gasteiger partial charge in [0.05, 0.1) is 13.1 Å². The van der Waals surface area contributed by atoms with Gasteiger partial charge in [-0.2, -0.15) is 0 Å². The molecule has 1 aliphatic rings. The molecule has 1 unspecified atom stereocenters. The zero-order valence-electron chi connectivity index (χ0n) is 12.7. The molecule has 1 atom stereocenters. The van der Waals surface area contributed by atoms with Crippen LogP contribution in [0.25, 0.3) is 0 Å². The minimum absolute atomic E-state index is 0.123. The highest BCUT2D eigenvalue weighted by Crippen LogP contribution is 2.15. The second-order valence-corrected chi connectivity index (χ2v) is 5.96. The highest BCUT2D eigenvalue weighted by Gasteiger charge is 2.23. The van der Waals surface area contributed by atoms with Gasteiger partial charge in [0.25, 0.3) is 5.91 Å². The monoisotopic (exact) mass is 275 g/mol. The molecule has 3 heteroatoms. The minimum Gasteiger partial charge on any atom is -0.327 e. The smallest absolute Gasteiger partial charge is 0.279 e. The van der Waals surface area contributed by atoms with Crippen molar-refractivity contribution in [2.75, 3.05) is 18.9 Å². The standard InChI is InChI=1S/C17H26N2O/c1-3-14-9-11-15(12-10-14)18-17(20)13-19(2)16-7-5-4-6-8-16/h9-12,16H,3-8,13H2,1-2H3,(H,18,20)/p+1. The van der Waals surface area contributed by atoms with E-state index in [4.69, 9.17) is 0 Å². The number of hydrogen-bond acceptors (Lipinski definition) is 1. The molecule has 2 N–H and O–H groups in total. The molecule has 0 heterocycles. The van der Waals surface area contributed by atoms with E-state index in [0.717, 1.165) is 12.1 Å². The van der Waals surface area contributed by atoms with Crippen molar-refractivity contribution in [1.82, 2.24) is 0 Å². The Labute approximate surface area is 122 Å². The fourth-order valence-electron chi connectivity index (χ4n) is 3.02. The molecular weight excluding hydrogens is 248 g/mol. The highest BCUT2D eigenvalue weighted by atomic mass is 16.2. The van der Waals surface area contributed by atoms with E-state index in [2.05, 4.69) is 31.4 Å². The third-order valence-corrected chi connectivity index (χ3v) is 4.39. The third-order valence-electron chi connectivity index (χ3n) is 4.39. The van der Waals surface area contributed by atoms with Crippen LogP contribution in [0.1, 0.15) is 44.6 Å². The fourth-order valence-corrected chi connectivity index (χ4v) is 3.02. The molecular formula is C17H27N2O+. The Bertz CT molecular complexity index is 421. The summed E-state index contributed by atoms with van der Waals surface area (Å²) in [5.41, 5.74) is 2.21. The molecule has 1 aromatic carbocycles. The van der Waals surface area contributed by atoms with E-state index in [9.17, 15) is 4.79 Å². The van der Waals surface area contributed by atoms with Gasteiger partial charge in [-0.15, -0.1) is 0 Å².